The number of amides is 1. The van der Waals surface area contributed by atoms with Crippen LogP contribution in [-0.4, -0.2) is 16.5 Å². The highest BCUT2D eigenvalue weighted by atomic mass is 19.1. The van der Waals surface area contributed by atoms with E-state index in [1.54, 1.807) is 37.4 Å². The second-order valence-electron chi connectivity index (χ2n) is 9.39. The van der Waals surface area contributed by atoms with Gasteiger partial charge in [-0.1, -0.05) is 84.9 Å². The minimum absolute atomic E-state index is 0.202. The number of hydrogen-bond donors (Lipinski definition) is 2. The van der Waals surface area contributed by atoms with Crippen molar-refractivity contribution in [3.05, 3.63) is 149 Å². The maximum Gasteiger partial charge on any atom is 0.250 e. The van der Waals surface area contributed by atoms with Crippen LogP contribution < -0.4 is 16.6 Å². The Hall–Kier alpha value is -4.81. The van der Waals surface area contributed by atoms with E-state index in [1.807, 2.05) is 78.9 Å². The van der Waals surface area contributed by atoms with Crippen LogP contribution in [0.4, 0.5) is 10.1 Å². The molecule has 3 N–H and O–H groups in total. The average molecular weight is 518 g/mol. The fourth-order valence-corrected chi connectivity index (χ4v) is 4.79. The van der Waals surface area contributed by atoms with Crippen molar-refractivity contribution in [2.24, 2.45) is 12.8 Å². The van der Waals surface area contributed by atoms with Crippen LogP contribution in [0.1, 0.15) is 17.0 Å². The molecular formula is C33H28FN3O2. The van der Waals surface area contributed by atoms with E-state index in [2.05, 4.69) is 5.32 Å². The molecule has 0 saturated carbocycles. The molecule has 194 valence electrons. The number of aromatic nitrogens is 1. The zero-order chi connectivity index (χ0) is 27.4. The zero-order valence-corrected chi connectivity index (χ0v) is 21.4. The number of rotatable bonds is 7. The van der Waals surface area contributed by atoms with Gasteiger partial charge in [0.1, 0.15) is 5.82 Å². The van der Waals surface area contributed by atoms with Crippen molar-refractivity contribution in [3.8, 4) is 22.4 Å². The third-order valence-corrected chi connectivity index (χ3v) is 6.89. The topological polar surface area (TPSA) is 77.1 Å². The van der Waals surface area contributed by atoms with Crippen LogP contribution >= 0.6 is 0 Å². The molecule has 0 aliphatic carbocycles. The second kappa shape index (κ2) is 11.3. The predicted molar refractivity (Wildman–Crippen MR) is 154 cm³/mol. The molecule has 1 heterocycles. The number of benzene rings is 4. The molecular weight excluding hydrogens is 489 g/mol. The number of nitrogens with zero attached hydrogens (tertiary/aromatic N) is 1. The number of carbonyl (C=O) groups excluding carboxylic acids is 1. The van der Waals surface area contributed by atoms with E-state index < -0.39 is 11.9 Å². The van der Waals surface area contributed by atoms with Crippen molar-refractivity contribution in [2.75, 3.05) is 5.32 Å². The SMILES string of the molecule is Cn1c(-c2ccc(-c3ccc(NC(=O)[C@@H](N)C(c4ccccc4)c4ccccc4)cc3)cc2F)cccc1=O. The van der Waals surface area contributed by atoms with Crippen molar-refractivity contribution in [3.63, 3.8) is 0 Å². The number of anilines is 1. The highest BCUT2D eigenvalue weighted by Crippen LogP contribution is 2.30. The molecule has 0 unspecified atom stereocenters. The summed E-state index contributed by atoms with van der Waals surface area (Å²) >= 11 is 0. The first-order valence-electron chi connectivity index (χ1n) is 12.6. The average Bonchev–Trinajstić information content (AvgIpc) is 2.96. The molecule has 4 aromatic carbocycles. The quantitative estimate of drug-likeness (QED) is 0.280. The Morgan fingerprint density at radius 3 is 1.95 bits per heavy atom. The largest absolute Gasteiger partial charge is 0.325 e. The Balaban J connectivity index is 1.34. The van der Waals surface area contributed by atoms with Crippen LogP contribution in [0.5, 0.6) is 0 Å². The Bertz CT molecular complexity index is 1610. The van der Waals surface area contributed by atoms with Crippen LogP contribution in [0.3, 0.4) is 0 Å². The number of hydrogen-bond acceptors (Lipinski definition) is 3. The molecule has 1 amide bonds. The Kier molecular flexibility index (Phi) is 7.48. The third-order valence-electron chi connectivity index (χ3n) is 6.89. The number of carbonyl (C=O) groups is 1. The van der Waals surface area contributed by atoms with E-state index in [1.165, 1.54) is 16.7 Å². The van der Waals surface area contributed by atoms with Crippen LogP contribution in [-0.2, 0) is 11.8 Å². The summed E-state index contributed by atoms with van der Waals surface area (Å²) in [7, 11) is 1.62. The van der Waals surface area contributed by atoms with E-state index in [4.69, 9.17) is 5.73 Å². The number of nitrogens with two attached hydrogens (primary N) is 1. The number of pyridine rings is 1. The van der Waals surface area contributed by atoms with Crippen LogP contribution in [0.15, 0.2) is 126 Å². The van der Waals surface area contributed by atoms with E-state index in [0.29, 0.717) is 22.5 Å². The lowest BCUT2D eigenvalue weighted by atomic mass is 9.85. The van der Waals surface area contributed by atoms with E-state index in [9.17, 15) is 9.59 Å². The molecule has 1 aromatic heterocycles. The highest BCUT2D eigenvalue weighted by Gasteiger charge is 2.27. The van der Waals surface area contributed by atoms with Crippen LogP contribution in [0, 0.1) is 5.82 Å². The van der Waals surface area contributed by atoms with Crippen molar-refractivity contribution in [2.45, 2.75) is 12.0 Å². The van der Waals surface area contributed by atoms with Crippen molar-refractivity contribution < 1.29 is 9.18 Å². The van der Waals surface area contributed by atoms with Gasteiger partial charge in [-0.05, 0) is 52.6 Å². The third kappa shape index (κ3) is 5.56. The Morgan fingerprint density at radius 1 is 0.769 bits per heavy atom. The maximum absolute atomic E-state index is 15.0. The maximum atomic E-state index is 15.0. The molecule has 0 spiro atoms. The first-order valence-corrected chi connectivity index (χ1v) is 12.6. The molecule has 5 aromatic rings. The molecule has 0 aliphatic rings. The summed E-state index contributed by atoms with van der Waals surface area (Å²) in [6, 6.07) is 35.6. The van der Waals surface area contributed by atoms with Gasteiger partial charge in [-0.3, -0.25) is 9.59 Å². The first-order chi connectivity index (χ1) is 18.9. The lowest BCUT2D eigenvalue weighted by Gasteiger charge is -2.24. The molecule has 5 nitrogen and oxygen atoms in total. The smallest absolute Gasteiger partial charge is 0.250 e. The van der Waals surface area contributed by atoms with Crippen molar-refractivity contribution in [1.29, 1.82) is 0 Å². The molecule has 0 bridgehead atoms. The summed E-state index contributed by atoms with van der Waals surface area (Å²) in [5, 5.41) is 2.92. The summed E-state index contributed by atoms with van der Waals surface area (Å²) in [4.78, 5) is 25.2. The predicted octanol–water partition coefficient (Wildman–Crippen LogP) is 5.96. The first kappa shape index (κ1) is 25.8. The van der Waals surface area contributed by atoms with Gasteiger partial charge in [0, 0.05) is 30.3 Å². The summed E-state index contributed by atoms with van der Waals surface area (Å²) < 4.78 is 16.5. The van der Waals surface area contributed by atoms with Gasteiger partial charge >= 0.3 is 0 Å². The zero-order valence-electron chi connectivity index (χ0n) is 21.4. The molecule has 1 atom stereocenters. The molecule has 0 fully saturated rings. The van der Waals surface area contributed by atoms with Gasteiger partial charge in [0.25, 0.3) is 5.56 Å². The Labute approximate surface area is 226 Å². The number of nitrogens with one attached hydrogen (secondary N) is 1. The molecule has 0 saturated heterocycles. The standard InChI is InChI=1S/C33H28FN3O2/c1-37-29(13-8-14-30(37)38)27-20-17-25(21-28(27)34)22-15-18-26(19-16-22)36-33(39)32(35)31(23-9-4-2-5-10-23)24-11-6-3-7-12-24/h2-21,31-32H,35H2,1H3,(H,36,39)/t32-/m0/s1. The summed E-state index contributed by atoms with van der Waals surface area (Å²) in [5.74, 6) is -1.04. The van der Waals surface area contributed by atoms with Gasteiger partial charge in [-0.25, -0.2) is 4.39 Å². The minimum atomic E-state index is -0.815. The summed E-state index contributed by atoms with van der Waals surface area (Å²) in [6.45, 7) is 0. The monoisotopic (exact) mass is 517 g/mol. The molecule has 39 heavy (non-hydrogen) atoms. The van der Waals surface area contributed by atoms with Gasteiger partial charge in [0.15, 0.2) is 0 Å². The van der Waals surface area contributed by atoms with Gasteiger partial charge in [0.2, 0.25) is 5.91 Å². The highest BCUT2D eigenvalue weighted by molar-refractivity contribution is 5.96. The molecule has 5 rings (SSSR count). The van der Waals surface area contributed by atoms with Gasteiger partial charge in [0.05, 0.1) is 11.7 Å². The van der Waals surface area contributed by atoms with Gasteiger partial charge in [-0.15, -0.1) is 0 Å². The normalized spacial score (nSPS) is 11.8. The Morgan fingerprint density at radius 2 is 1.36 bits per heavy atom. The van der Waals surface area contributed by atoms with Crippen LogP contribution in [0.25, 0.3) is 22.4 Å². The lowest BCUT2D eigenvalue weighted by molar-refractivity contribution is -0.117. The summed E-state index contributed by atoms with van der Waals surface area (Å²) in [5.41, 5.74) is 11.2. The lowest BCUT2D eigenvalue weighted by Crippen LogP contribution is -2.41. The van der Waals surface area contributed by atoms with Crippen molar-refractivity contribution >= 4 is 11.6 Å². The van der Waals surface area contributed by atoms with E-state index in [0.717, 1.165) is 16.7 Å². The summed E-state index contributed by atoms with van der Waals surface area (Å²) in [6.07, 6.45) is 0. The molecule has 0 radical (unpaired) electrons. The second-order valence-corrected chi connectivity index (χ2v) is 9.39. The van der Waals surface area contributed by atoms with Gasteiger partial charge in [-0.2, -0.15) is 0 Å². The number of halogens is 1. The molecule has 6 heteroatoms. The van der Waals surface area contributed by atoms with E-state index in [-0.39, 0.29) is 17.4 Å². The fourth-order valence-electron chi connectivity index (χ4n) is 4.79. The van der Waals surface area contributed by atoms with Crippen molar-refractivity contribution in [1.82, 2.24) is 4.57 Å². The van der Waals surface area contributed by atoms with Gasteiger partial charge < -0.3 is 15.6 Å². The van der Waals surface area contributed by atoms with Crippen LogP contribution in [0.2, 0.25) is 0 Å². The molecule has 0 aliphatic heterocycles. The fraction of sp³-hybridized carbons (Fsp3) is 0.0909. The minimum Gasteiger partial charge on any atom is -0.325 e. The van der Waals surface area contributed by atoms with E-state index >= 15 is 4.39 Å².